The predicted molar refractivity (Wildman–Crippen MR) is 60.0 cm³/mol. The summed E-state index contributed by atoms with van der Waals surface area (Å²) in [5.74, 6) is -2.35. The number of carbonyl (C=O) groups is 2. The molecule has 5 nitrogen and oxygen atoms in total. The van der Waals surface area contributed by atoms with Crippen molar-refractivity contribution in [2.75, 3.05) is 0 Å². The largest absolute Gasteiger partial charge is 0.508 e. The molecule has 0 radical (unpaired) electrons. The van der Waals surface area contributed by atoms with Gasteiger partial charge in [-0.25, -0.2) is 4.79 Å². The topological polar surface area (TPSA) is 94.8 Å². The molecule has 0 amide bonds. The molecule has 0 aliphatic carbocycles. The van der Waals surface area contributed by atoms with Gasteiger partial charge in [0.05, 0.1) is 0 Å². The minimum Gasteiger partial charge on any atom is -0.508 e. The maximum Gasteiger partial charge on any atom is 0.337 e. The number of alkyl halides is 1. The summed E-state index contributed by atoms with van der Waals surface area (Å²) in [6.45, 7) is 1.23. The van der Waals surface area contributed by atoms with Gasteiger partial charge in [0.15, 0.2) is 11.9 Å². The molecule has 0 saturated carbocycles. The predicted octanol–water partition coefficient (Wildman–Crippen LogP) is 1.38. The average molecular weight is 259 g/mol. The second-order valence-electron chi connectivity index (χ2n) is 3.49. The summed E-state index contributed by atoms with van der Waals surface area (Å²) in [6, 6.07) is 4.02. The third-order valence-corrected chi connectivity index (χ3v) is 2.80. The van der Waals surface area contributed by atoms with Crippen molar-refractivity contribution in [2.45, 2.75) is 18.4 Å². The molecule has 0 heterocycles. The van der Waals surface area contributed by atoms with Gasteiger partial charge in [0.2, 0.25) is 0 Å². The summed E-state index contributed by atoms with van der Waals surface area (Å²) in [5, 5.41) is 26.6. The lowest BCUT2D eigenvalue weighted by Crippen LogP contribution is -2.15. The van der Waals surface area contributed by atoms with Crippen molar-refractivity contribution >= 4 is 23.4 Å². The van der Waals surface area contributed by atoms with Crippen molar-refractivity contribution in [3.05, 3.63) is 29.3 Å². The monoisotopic (exact) mass is 258 g/mol. The molecule has 6 heteroatoms. The molecule has 2 unspecified atom stereocenters. The molecule has 1 aromatic carbocycles. The van der Waals surface area contributed by atoms with E-state index in [9.17, 15) is 19.8 Å². The number of ketones is 1. The number of hydrogen-bond acceptors (Lipinski definition) is 4. The van der Waals surface area contributed by atoms with E-state index in [1.807, 2.05) is 0 Å². The Bertz CT molecular complexity index is 457. The molecule has 0 spiro atoms. The summed E-state index contributed by atoms with van der Waals surface area (Å²) in [6.07, 6.45) is -1.92. The van der Waals surface area contributed by atoms with E-state index in [0.29, 0.717) is 0 Å². The van der Waals surface area contributed by atoms with Gasteiger partial charge in [0.25, 0.3) is 0 Å². The molecular formula is C11H11ClO5. The zero-order valence-electron chi connectivity index (χ0n) is 8.92. The fourth-order valence-corrected chi connectivity index (χ4v) is 1.62. The van der Waals surface area contributed by atoms with Gasteiger partial charge in [-0.3, -0.25) is 4.79 Å². The third-order valence-electron chi connectivity index (χ3n) is 2.25. The van der Waals surface area contributed by atoms with Crippen LogP contribution in [0.15, 0.2) is 18.2 Å². The number of phenols is 1. The molecule has 0 bridgehead atoms. The number of carbonyl (C=O) groups excluding carboxylic acids is 1. The van der Waals surface area contributed by atoms with Crippen LogP contribution in [-0.2, 0) is 9.59 Å². The molecule has 92 valence electrons. The number of phenolic OH excluding ortho intramolecular Hbond substituents is 1. The molecule has 0 aromatic heterocycles. The average Bonchev–Trinajstić information content (AvgIpc) is 2.26. The van der Waals surface area contributed by atoms with Crippen LogP contribution in [0, 0.1) is 0 Å². The molecule has 0 fully saturated rings. The minimum atomic E-state index is -1.92. The smallest absolute Gasteiger partial charge is 0.337 e. The van der Waals surface area contributed by atoms with Gasteiger partial charge in [0, 0.05) is 5.56 Å². The van der Waals surface area contributed by atoms with Crippen LogP contribution in [0.2, 0.25) is 0 Å². The number of aromatic hydroxyl groups is 1. The van der Waals surface area contributed by atoms with Gasteiger partial charge >= 0.3 is 5.97 Å². The van der Waals surface area contributed by atoms with E-state index in [1.165, 1.54) is 25.1 Å². The Balaban J connectivity index is 3.36. The molecule has 0 aliphatic rings. The van der Waals surface area contributed by atoms with Gasteiger partial charge in [-0.1, -0.05) is 12.1 Å². The number of rotatable bonds is 4. The van der Waals surface area contributed by atoms with Crippen molar-refractivity contribution in [2.24, 2.45) is 0 Å². The van der Waals surface area contributed by atoms with Gasteiger partial charge in [0.1, 0.15) is 11.1 Å². The standard InChI is InChI=1S/C11H11ClO5/c1-5(13)9(12)6-3-2-4-7(14)8(6)10(15)11(16)17/h2-4,9-10,14-15H,1H3,(H,16,17). The maximum atomic E-state index is 11.2. The molecule has 1 aromatic rings. The van der Waals surface area contributed by atoms with Crippen molar-refractivity contribution in [1.29, 1.82) is 0 Å². The van der Waals surface area contributed by atoms with Gasteiger partial charge in [-0.15, -0.1) is 11.6 Å². The highest BCUT2D eigenvalue weighted by molar-refractivity contribution is 6.31. The molecule has 1 rings (SSSR count). The summed E-state index contributed by atoms with van der Waals surface area (Å²) in [7, 11) is 0. The molecule has 0 saturated heterocycles. The lowest BCUT2D eigenvalue weighted by Gasteiger charge is -2.16. The molecule has 3 N–H and O–H groups in total. The van der Waals surface area contributed by atoms with Crippen LogP contribution >= 0.6 is 11.6 Å². The van der Waals surface area contributed by atoms with Gasteiger partial charge in [-0.2, -0.15) is 0 Å². The number of hydrogen-bond donors (Lipinski definition) is 3. The van der Waals surface area contributed by atoms with E-state index in [1.54, 1.807) is 0 Å². The van der Waals surface area contributed by atoms with Crippen LogP contribution < -0.4 is 0 Å². The first-order valence-electron chi connectivity index (χ1n) is 4.73. The number of carboxylic acid groups (broad SMARTS) is 1. The summed E-state index contributed by atoms with van der Waals surface area (Å²) in [4.78, 5) is 21.9. The highest BCUT2D eigenvalue weighted by Gasteiger charge is 2.27. The third kappa shape index (κ3) is 2.75. The highest BCUT2D eigenvalue weighted by Crippen LogP contribution is 2.34. The number of aliphatic carboxylic acids is 1. The second-order valence-corrected chi connectivity index (χ2v) is 3.93. The Morgan fingerprint density at radius 3 is 2.41 bits per heavy atom. The normalized spacial score (nSPS) is 14.1. The maximum absolute atomic E-state index is 11.2. The summed E-state index contributed by atoms with van der Waals surface area (Å²) in [5.41, 5.74) is -0.163. The summed E-state index contributed by atoms with van der Waals surface area (Å²) < 4.78 is 0. The van der Waals surface area contributed by atoms with Crippen molar-refractivity contribution in [3.63, 3.8) is 0 Å². The Morgan fingerprint density at radius 2 is 1.94 bits per heavy atom. The van der Waals surface area contributed by atoms with E-state index in [0.717, 1.165) is 0 Å². The SMILES string of the molecule is CC(=O)C(Cl)c1cccc(O)c1C(O)C(=O)O. The second kappa shape index (κ2) is 5.16. The number of benzene rings is 1. The number of aliphatic hydroxyl groups is 1. The Morgan fingerprint density at radius 1 is 1.35 bits per heavy atom. The van der Waals surface area contributed by atoms with E-state index in [2.05, 4.69) is 0 Å². The number of Topliss-reactive ketones (excluding diaryl/α,β-unsaturated/α-hetero) is 1. The summed E-state index contributed by atoms with van der Waals surface area (Å²) >= 11 is 5.80. The Hall–Kier alpha value is -1.59. The lowest BCUT2D eigenvalue weighted by atomic mass is 9.97. The first kappa shape index (κ1) is 13.5. The van der Waals surface area contributed by atoms with Crippen molar-refractivity contribution in [3.8, 4) is 5.75 Å². The number of halogens is 1. The van der Waals surface area contributed by atoms with Crippen LogP contribution in [0.1, 0.15) is 29.5 Å². The quantitative estimate of drug-likeness (QED) is 0.709. The van der Waals surface area contributed by atoms with Gasteiger partial charge < -0.3 is 15.3 Å². The minimum absolute atomic E-state index is 0.0917. The fraction of sp³-hybridized carbons (Fsp3) is 0.273. The van der Waals surface area contributed by atoms with E-state index in [-0.39, 0.29) is 11.1 Å². The number of carboxylic acids is 1. The number of aliphatic hydroxyl groups excluding tert-OH is 1. The zero-order chi connectivity index (χ0) is 13.2. The fourth-order valence-electron chi connectivity index (χ4n) is 1.43. The van der Waals surface area contributed by atoms with Crippen LogP contribution in [-0.4, -0.2) is 27.1 Å². The van der Waals surface area contributed by atoms with Crippen LogP contribution in [0.5, 0.6) is 5.75 Å². The molecule has 2 atom stereocenters. The molecule has 17 heavy (non-hydrogen) atoms. The van der Waals surface area contributed by atoms with E-state index < -0.39 is 29.0 Å². The van der Waals surface area contributed by atoms with Crippen LogP contribution in [0.4, 0.5) is 0 Å². The van der Waals surface area contributed by atoms with E-state index >= 15 is 0 Å². The molecule has 0 aliphatic heterocycles. The van der Waals surface area contributed by atoms with Crippen molar-refractivity contribution < 1.29 is 24.9 Å². The Labute approximate surface area is 102 Å². The van der Waals surface area contributed by atoms with Crippen LogP contribution in [0.25, 0.3) is 0 Å². The van der Waals surface area contributed by atoms with Crippen LogP contribution in [0.3, 0.4) is 0 Å². The molecular weight excluding hydrogens is 248 g/mol. The zero-order valence-corrected chi connectivity index (χ0v) is 9.68. The highest BCUT2D eigenvalue weighted by atomic mass is 35.5. The first-order valence-corrected chi connectivity index (χ1v) is 5.17. The van der Waals surface area contributed by atoms with Crippen molar-refractivity contribution in [1.82, 2.24) is 0 Å². The van der Waals surface area contributed by atoms with Gasteiger partial charge in [-0.05, 0) is 18.6 Å². The first-order chi connectivity index (χ1) is 7.86. The van der Waals surface area contributed by atoms with E-state index in [4.69, 9.17) is 16.7 Å². The Kier molecular flexibility index (Phi) is 4.09. The lowest BCUT2D eigenvalue weighted by molar-refractivity contribution is -0.147.